The second-order valence-electron chi connectivity index (χ2n) is 11.5. The zero-order valence-electron chi connectivity index (χ0n) is 24.1. The van der Waals surface area contributed by atoms with E-state index in [-0.39, 0.29) is 5.91 Å². The predicted molar refractivity (Wildman–Crippen MR) is 161 cm³/mol. The predicted octanol–water partition coefficient (Wildman–Crippen LogP) is 7.56. The van der Waals surface area contributed by atoms with Crippen LogP contribution in [0.4, 0.5) is 24.5 Å². The SMILES string of the molecule is CN(c1ccncc1)c1ccc(CN(CC2CCN(C3CCCC3)CC2)C(=O)C=Cc2ccc(C(F)(F)F)cc2)cc1. The summed E-state index contributed by atoms with van der Waals surface area (Å²) in [7, 11) is 2.00. The maximum atomic E-state index is 13.5. The van der Waals surface area contributed by atoms with Crippen molar-refractivity contribution in [2.24, 2.45) is 5.92 Å². The van der Waals surface area contributed by atoms with Gasteiger partial charge in [-0.1, -0.05) is 37.1 Å². The molecule has 2 heterocycles. The van der Waals surface area contributed by atoms with Gasteiger partial charge in [0.1, 0.15) is 0 Å². The van der Waals surface area contributed by atoms with E-state index in [1.54, 1.807) is 18.5 Å². The Morgan fingerprint density at radius 1 is 0.905 bits per heavy atom. The van der Waals surface area contributed by atoms with Gasteiger partial charge in [-0.3, -0.25) is 9.78 Å². The molecule has 2 aromatic carbocycles. The van der Waals surface area contributed by atoms with Gasteiger partial charge in [0.2, 0.25) is 5.91 Å². The molecule has 42 heavy (non-hydrogen) atoms. The van der Waals surface area contributed by atoms with Crippen molar-refractivity contribution in [1.29, 1.82) is 0 Å². The fraction of sp³-hybridized carbons (Fsp3) is 0.412. The number of hydrogen-bond donors (Lipinski definition) is 0. The summed E-state index contributed by atoms with van der Waals surface area (Å²) >= 11 is 0. The average Bonchev–Trinajstić information content (AvgIpc) is 3.55. The molecule has 0 N–H and O–H groups in total. The van der Waals surface area contributed by atoms with Gasteiger partial charge < -0.3 is 14.7 Å². The van der Waals surface area contributed by atoms with Crippen LogP contribution in [0, 0.1) is 5.92 Å². The minimum absolute atomic E-state index is 0.133. The number of aromatic nitrogens is 1. The Hall–Kier alpha value is -3.65. The number of nitrogens with zero attached hydrogens (tertiary/aromatic N) is 4. The first-order valence-electron chi connectivity index (χ1n) is 14.9. The number of pyridine rings is 1. The highest BCUT2D eigenvalue weighted by atomic mass is 19.4. The number of amides is 1. The topological polar surface area (TPSA) is 39.7 Å². The summed E-state index contributed by atoms with van der Waals surface area (Å²) in [6, 6.07) is 17.7. The highest BCUT2D eigenvalue weighted by Gasteiger charge is 2.30. The van der Waals surface area contributed by atoms with Gasteiger partial charge in [-0.2, -0.15) is 13.2 Å². The summed E-state index contributed by atoms with van der Waals surface area (Å²) < 4.78 is 38.8. The number of anilines is 2. The van der Waals surface area contributed by atoms with Gasteiger partial charge in [0.25, 0.3) is 0 Å². The quantitative estimate of drug-likeness (QED) is 0.247. The lowest BCUT2D eigenvalue weighted by Crippen LogP contribution is -2.43. The average molecular weight is 577 g/mol. The Morgan fingerprint density at radius 3 is 2.14 bits per heavy atom. The number of carbonyl (C=O) groups is 1. The Kier molecular flexibility index (Phi) is 9.62. The summed E-state index contributed by atoms with van der Waals surface area (Å²) in [6.45, 7) is 3.29. The maximum absolute atomic E-state index is 13.5. The van der Waals surface area contributed by atoms with Gasteiger partial charge in [-0.15, -0.1) is 0 Å². The van der Waals surface area contributed by atoms with Crippen molar-refractivity contribution < 1.29 is 18.0 Å². The zero-order valence-corrected chi connectivity index (χ0v) is 24.1. The molecule has 0 unspecified atom stereocenters. The number of rotatable bonds is 9. The van der Waals surface area contributed by atoms with E-state index in [1.807, 2.05) is 24.1 Å². The summed E-state index contributed by atoms with van der Waals surface area (Å²) in [5, 5.41) is 0. The van der Waals surface area contributed by atoms with Crippen molar-refractivity contribution in [2.45, 2.75) is 57.3 Å². The van der Waals surface area contributed by atoms with Gasteiger partial charge in [-0.25, -0.2) is 0 Å². The van der Waals surface area contributed by atoms with E-state index in [0.717, 1.165) is 61.0 Å². The van der Waals surface area contributed by atoms with Crippen LogP contribution in [0.15, 0.2) is 79.1 Å². The maximum Gasteiger partial charge on any atom is 0.416 e. The number of alkyl halides is 3. The van der Waals surface area contributed by atoms with Crippen LogP contribution in [0.25, 0.3) is 6.08 Å². The first kappa shape index (κ1) is 29.8. The molecular weight excluding hydrogens is 537 g/mol. The highest BCUT2D eigenvalue weighted by molar-refractivity contribution is 5.91. The molecule has 0 atom stereocenters. The van der Waals surface area contributed by atoms with E-state index in [9.17, 15) is 18.0 Å². The van der Waals surface area contributed by atoms with Crippen LogP contribution < -0.4 is 4.90 Å². The lowest BCUT2D eigenvalue weighted by Gasteiger charge is -2.37. The van der Waals surface area contributed by atoms with Gasteiger partial charge in [0.15, 0.2) is 0 Å². The summed E-state index contributed by atoms with van der Waals surface area (Å²) in [5.41, 5.74) is 2.96. The Morgan fingerprint density at radius 2 is 1.52 bits per heavy atom. The highest BCUT2D eigenvalue weighted by Crippen LogP contribution is 2.30. The summed E-state index contributed by atoms with van der Waals surface area (Å²) in [4.78, 5) is 24.2. The second-order valence-corrected chi connectivity index (χ2v) is 11.5. The molecule has 3 aromatic rings. The van der Waals surface area contributed by atoms with Crippen LogP contribution in [0.1, 0.15) is 55.2 Å². The molecule has 0 spiro atoms. The molecule has 222 valence electrons. The van der Waals surface area contributed by atoms with E-state index in [0.29, 0.717) is 24.6 Å². The standard InChI is InChI=1S/C34H39F3N4O/c1-39(31-16-20-38-21-17-31)30-13-8-27(9-14-30)24-41(25-28-18-22-40(23-19-28)32-4-2-3-5-32)33(42)15-10-26-6-11-29(12-7-26)34(35,36)37/h6-17,20-21,28,32H,2-5,18-19,22-25H2,1H3. The van der Waals surface area contributed by atoms with Crippen LogP contribution in [-0.4, -0.2) is 53.4 Å². The molecule has 1 aliphatic heterocycles. The second kappa shape index (κ2) is 13.6. The van der Waals surface area contributed by atoms with E-state index in [1.165, 1.54) is 43.9 Å². The van der Waals surface area contributed by atoms with Gasteiger partial charge >= 0.3 is 6.18 Å². The molecule has 1 aliphatic carbocycles. The number of halogens is 3. The Balaban J connectivity index is 1.27. The Bertz CT molecular complexity index is 1310. The third-order valence-electron chi connectivity index (χ3n) is 8.68. The van der Waals surface area contributed by atoms with Crippen LogP contribution in [0.5, 0.6) is 0 Å². The zero-order chi connectivity index (χ0) is 29.5. The molecule has 2 fully saturated rings. The van der Waals surface area contributed by atoms with E-state index >= 15 is 0 Å². The fourth-order valence-corrected chi connectivity index (χ4v) is 6.13. The molecule has 0 bridgehead atoms. The van der Waals surface area contributed by atoms with Gasteiger partial charge in [0.05, 0.1) is 5.56 Å². The van der Waals surface area contributed by atoms with Crippen molar-refractivity contribution in [3.8, 4) is 0 Å². The van der Waals surface area contributed by atoms with Gasteiger partial charge in [0, 0.05) is 56.0 Å². The minimum Gasteiger partial charge on any atom is -0.345 e. The van der Waals surface area contributed by atoms with Crippen LogP contribution in [0.3, 0.4) is 0 Å². The molecule has 1 saturated heterocycles. The van der Waals surface area contributed by atoms with Crippen molar-refractivity contribution >= 4 is 23.4 Å². The molecule has 1 aromatic heterocycles. The normalized spacial score (nSPS) is 17.1. The first-order valence-corrected chi connectivity index (χ1v) is 14.9. The molecule has 5 nitrogen and oxygen atoms in total. The van der Waals surface area contributed by atoms with E-state index < -0.39 is 11.7 Å². The summed E-state index contributed by atoms with van der Waals surface area (Å²) in [6.07, 6.45) is 9.63. The van der Waals surface area contributed by atoms with E-state index in [4.69, 9.17) is 0 Å². The largest absolute Gasteiger partial charge is 0.416 e. The lowest BCUT2D eigenvalue weighted by molar-refractivity contribution is -0.137. The lowest BCUT2D eigenvalue weighted by atomic mass is 9.94. The molecule has 1 amide bonds. The number of piperidine rings is 1. The molecule has 8 heteroatoms. The number of carbonyl (C=O) groups excluding carboxylic acids is 1. The van der Waals surface area contributed by atoms with Crippen LogP contribution in [-0.2, 0) is 17.5 Å². The molecule has 0 radical (unpaired) electrons. The number of likely N-dealkylation sites (tertiary alicyclic amines) is 1. The molecule has 5 rings (SSSR count). The Labute approximate surface area is 246 Å². The monoisotopic (exact) mass is 576 g/mol. The number of benzene rings is 2. The number of hydrogen-bond acceptors (Lipinski definition) is 4. The fourth-order valence-electron chi connectivity index (χ4n) is 6.13. The molecule has 1 saturated carbocycles. The van der Waals surface area contributed by atoms with Crippen molar-refractivity contribution in [1.82, 2.24) is 14.8 Å². The van der Waals surface area contributed by atoms with Crippen molar-refractivity contribution in [2.75, 3.05) is 31.6 Å². The third kappa shape index (κ3) is 7.79. The van der Waals surface area contributed by atoms with Crippen molar-refractivity contribution in [3.05, 3.63) is 95.8 Å². The van der Waals surface area contributed by atoms with Gasteiger partial charge in [-0.05, 0) is 98.3 Å². The van der Waals surface area contributed by atoms with Crippen LogP contribution >= 0.6 is 0 Å². The summed E-state index contributed by atoms with van der Waals surface area (Å²) in [5.74, 6) is 0.286. The molecule has 2 aliphatic rings. The first-order chi connectivity index (χ1) is 20.3. The minimum atomic E-state index is -4.38. The smallest absolute Gasteiger partial charge is 0.345 e. The third-order valence-corrected chi connectivity index (χ3v) is 8.68. The van der Waals surface area contributed by atoms with Crippen LogP contribution in [0.2, 0.25) is 0 Å². The molecular formula is C34H39F3N4O. The van der Waals surface area contributed by atoms with E-state index in [2.05, 4.69) is 39.0 Å². The van der Waals surface area contributed by atoms with Crippen molar-refractivity contribution in [3.63, 3.8) is 0 Å².